The summed E-state index contributed by atoms with van der Waals surface area (Å²) in [5, 5.41) is 3.01. The van der Waals surface area contributed by atoms with Crippen molar-refractivity contribution >= 4 is 32.9 Å². The van der Waals surface area contributed by atoms with Gasteiger partial charge in [-0.05, 0) is 67.8 Å². The first-order valence-electron chi connectivity index (χ1n) is 11.3. The summed E-state index contributed by atoms with van der Waals surface area (Å²) in [5.74, 6) is 1.93. The molecule has 1 heterocycles. The second-order valence-corrected chi connectivity index (χ2v) is 8.92. The Morgan fingerprint density at radius 1 is 1.00 bits per heavy atom. The van der Waals surface area contributed by atoms with E-state index in [0.29, 0.717) is 18.7 Å². The van der Waals surface area contributed by atoms with Gasteiger partial charge in [-0.2, -0.15) is 0 Å². The van der Waals surface area contributed by atoms with Gasteiger partial charge >= 0.3 is 0 Å². The topological polar surface area (TPSA) is 56.1 Å². The van der Waals surface area contributed by atoms with E-state index in [4.69, 9.17) is 9.72 Å². The van der Waals surface area contributed by atoms with Gasteiger partial charge in [0.05, 0.1) is 17.6 Å². The zero-order valence-electron chi connectivity index (χ0n) is 18.8. The molecule has 0 aliphatic heterocycles. The Morgan fingerprint density at radius 2 is 1.76 bits per heavy atom. The highest BCUT2D eigenvalue weighted by Crippen LogP contribution is 2.19. The van der Waals surface area contributed by atoms with Gasteiger partial charge in [0.15, 0.2) is 0 Å². The summed E-state index contributed by atoms with van der Waals surface area (Å²) in [6.07, 6.45) is 2.52. The van der Waals surface area contributed by atoms with Crippen molar-refractivity contribution in [1.29, 1.82) is 0 Å². The maximum atomic E-state index is 12.3. The highest BCUT2D eigenvalue weighted by molar-refractivity contribution is 9.10. The molecule has 0 saturated carbocycles. The molecule has 1 aromatic heterocycles. The fourth-order valence-electron chi connectivity index (χ4n) is 3.84. The van der Waals surface area contributed by atoms with Gasteiger partial charge in [0.1, 0.15) is 11.6 Å². The summed E-state index contributed by atoms with van der Waals surface area (Å²) in [5.41, 5.74) is 3.96. The lowest BCUT2D eigenvalue weighted by molar-refractivity contribution is 0.0953. The van der Waals surface area contributed by atoms with Crippen LogP contribution in [0.5, 0.6) is 5.75 Å². The highest BCUT2D eigenvalue weighted by atomic mass is 79.9. The van der Waals surface area contributed by atoms with Crippen molar-refractivity contribution in [3.8, 4) is 5.75 Å². The number of amides is 1. The van der Waals surface area contributed by atoms with Crippen molar-refractivity contribution in [2.24, 2.45) is 0 Å². The zero-order valence-corrected chi connectivity index (χ0v) is 20.3. The minimum absolute atomic E-state index is 0.0515. The number of fused-ring (bicyclic) bond motifs is 1. The third-order valence-electron chi connectivity index (χ3n) is 5.58. The number of nitrogens with zero attached hydrogens (tertiary/aromatic N) is 2. The van der Waals surface area contributed by atoms with Crippen LogP contribution in [0.15, 0.2) is 77.3 Å². The normalized spacial score (nSPS) is 11.0. The monoisotopic (exact) mass is 505 g/mol. The van der Waals surface area contributed by atoms with E-state index in [1.54, 1.807) is 0 Å². The summed E-state index contributed by atoms with van der Waals surface area (Å²) in [7, 11) is 0. The summed E-state index contributed by atoms with van der Waals surface area (Å²) >= 11 is 3.39. The first-order chi connectivity index (χ1) is 16.1. The Balaban J connectivity index is 1.33. The molecule has 1 N–H and O–H groups in total. The smallest absolute Gasteiger partial charge is 0.251 e. The lowest BCUT2D eigenvalue weighted by atomic mass is 10.2. The fraction of sp³-hybridized carbons (Fsp3) is 0.259. The van der Waals surface area contributed by atoms with Gasteiger partial charge in [-0.3, -0.25) is 4.79 Å². The second kappa shape index (κ2) is 11.1. The molecule has 6 heteroatoms. The number of ether oxygens (including phenoxy) is 1. The molecule has 4 rings (SSSR count). The molecule has 3 aromatic carbocycles. The highest BCUT2D eigenvalue weighted by Gasteiger charge is 2.11. The third kappa shape index (κ3) is 6.02. The van der Waals surface area contributed by atoms with Gasteiger partial charge in [0.25, 0.3) is 5.91 Å². The Kier molecular flexibility index (Phi) is 7.79. The van der Waals surface area contributed by atoms with Crippen LogP contribution in [-0.4, -0.2) is 28.6 Å². The Hall–Kier alpha value is -3.12. The first kappa shape index (κ1) is 23.1. The number of aryl methyl sites for hydroxylation is 3. The predicted octanol–water partition coefficient (Wildman–Crippen LogP) is 5.94. The van der Waals surface area contributed by atoms with Crippen LogP contribution in [0.3, 0.4) is 0 Å². The largest absolute Gasteiger partial charge is 0.493 e. The number of carbonyl (C=O) groups is 1. The molecule has 0 fully saturated rings. The minimum atomic E-state index is -0.0515. The van der Waals surface area contributed by atoms with Gasteiger partial charge in [-0.1, -0.05) is 46.3 Å². The quantitative estimate of drug-likeness (QED) is 0.271. The van der Waals surface area contributed by atoms with Crippen LogP contribution in [0.1, 0.15) is 34.6 Å². The second-order valence-electron chi connectivity index (χ2n) is 8.00. The SMILES string of the molecule is Cc1ccccc1OCCCn1c(CCCNC(=O)c2ccc(Br)cc2)nc2ccccc21. The van der Waals surface area contributed by atoms with E-state index in [2.05, 4.69) is 50.9 Å². The summed E-state index contributed by atoms with van der Waals surface area (Å²) in [6, 6.07) is 23.7. The van der Waals surface area contributed by atoms with E-state index < -0.39 is 0 Å². The lowest BCUT2D eigenvalue weighted by Crippen LogP contribution is -2.25. The van der Waals surface area contributed by atoms with Crippen LogP contribution < -0.4 is 10.1 Å². The molecular weight excluding hydrogens is 478 g/mol. The molecule has 170 valence electrons. The number of benzene rings is 3. The average Bonchev–Trinajstić information content (AvgIpc) is 3.18. The van der Waals surface area contributed by atoms with Crippen molar-refractivity contribution < 1.29 is 9.53 Å². The molecule has 33 heavy (non-hydrogen) atoms. The van der Waals surface area contributed by atoms with Gasteiger partial charge < -0.3 is 14.6 Å². The maximum absolute atomic E-state index is 12.3. The van der Waals surface area contributed by atoms with E-state index >= 15 is 0 Å². The van der Waals surface area contributed by atoms with E-state index in [1.165, 1.54) is 0 Å². The molecule has 0 aliphatic rings. The van der Waals surface area contributed by atoms with Crippen LogP contribution >= 0.6 is 15.9 Å². The number of rotatable bonds is 10. The van der Waals surface area contributed by atoms with Crippen LogP contribution in [0.4, 0.5) is 0 Å². The van der Waals surface area contributed by atoms with Crippen molar-refractivity contribution in [3.05, 3.63) is 94.2 Å². The molecule has 0 atom stereocenters. The Labute approximate surface area is 202 Å². The summed E-state index contributed by atoms with van der Waals surface area (Å²) in [4.78, 5) is 17.2. The molecule has 0 radical (unpaired) electrons. The summed E-state index contributed by atoms with van der Waals surface area (Å²) < 4.78 is 9.22. The van der Waals surface area contributed by atoms with Gasteiger partial charge in [-0.15, -0.1) is 0 Å². The van der Waals surface area contributed by atoms with E-state index in [0.717, 1.165) is 58.5 Å². The molecule has 0 aliphatic carbocycles. The minimum Gasteiger partial charge on any atom is -0.493 e. The Bertz CT molecular complexity index is 1220. The van der Waals surface area contributed by atoms with Crippen LogP contribution in [-0.2, 0) is 13.0 Å². The summed E-state index contributed by atoms with van der Waals surface area (Å²) in [6.45, 7) is 4.16. The first-order valence-corrected chi connectivity index (χ1v) is 12.1. The number of imidazole rings is 1. The third-order valence-corrected chi connectivity index (χ3v) is 6.11. The zero-order chi connectivity index (χ0) is 23.0. The Morgan fingerprint density at radius 3 is 2.58 bits per heavy atom. The van der Waals surface area contributed by atoms with Crippen LogP contribution in [0.2, 0.25) is 0 Å². The molecule has 4 aromatic rings. The number of carbonyl (C=O) groups excluding carboxylic acids is 1. The molecule has 0 bridgehead atoms. The molecule has 0 spiro atoms. The number of aromatic nitrogens is 2. The van der Waals surface area contributed by atoms with Crippen molar-refractivity contribution in [2.45, 2.75) is 32.7 Å². The van der Waals surface area contributed by atoms with Crippen molar-refractivity contribution in [2.75, 3.05) is 13.2 Å². The molecule has 1 amide bonds. The number of hydrogen-bond donors (Lipinski definition) is 1. The van der Waals surface area contributed by atoms with Gasteiger partial charge in [0, 0.05) is 29.5 Å². The van der Waals surface area contributed by atoms with E-state index in [-0.39, 0.29) is 5.91 Å². The molecule has 0 unspecified atom stereocenters. The molecular formula is C27H28BrN3O2. The van der Waals surface area contributed by atoms with Gasteiger partial charge in [0.2, 0.25) is 0 Å². The lowest BCUT2D eigenvalue weighted by Gasteiger charge is -2.12. The van der Waals surface area contributed by atoms with E-state index in [1.807, 2.05) is 54.6 Å². The van der Waals surface area contributed by atoms with Crippen molar-refractivity contribution in [3.63, 3.8) is 0 Å². The number of hydrogen-bond acceptors (Lipinski definition) is 3. The molecule has 5 nitrogen and oxygen atoms in total. The average molecular weight is 506 g/mol. The maximum Gasteiger partial charge on any atom is 0.251 e. The van der Waals surface area contributed by atoms with Gasteiger partial charge in [-0.25, -0.2) is 4.98 Å². The van der Waals surface area contributed by atoms with E-state index in [9.17, 15) is 4.79 Å². The fourth-order valence-corrected chi connectivity index (χ4v) is 4.10. The number of nitrogens with one attached hydrogen (secondary N) is 1. The number of para-hydroxylation sites is 3. The standard InChI is InChI=1S/C27H28BrN3O2/c1-20-8-2-5-11-25(20)33-19-7-18-31-24-10-4-3-9-23(24)30-26(31)12-6-17-29-27(32)21-13-15-22(28)16-14-21/h2-5,8-11,13-16H,6-7,12,17-19H2,1H3,(H,29,32). The number of halogens is 1. The molecule has 0 saturated heterocycles. The van der Waals surface area contributed by atoms with Crippen LogP contribution in [0.25, 0.3) is 11.0 Å². The van der Waals surface area contributed by atoms with Crippen molar-refractivity contribution in [1.82, 2.24) is 14.9 Å². The van der Waals surface area contributed by atoms with Crippen LogP contribution in [0, 0.1) is 6.92 Å². The predicted molar refractivity (Wildman–Crippen MR) is 136 cm³/mol.